The second kappa shape index (κ2) is 7.78. The quantitative estimate of drug-likeness (QED) is 0.751. The highest BCUT2D eigenvalue weighted by molar-refractivity contribution is 7.18. The van der Waals surface area contributed by atoms with Gasteiger partial charge < -0.3 is 10.2 Å². The van der Waals surface area contributed by atoms with Gasteiger partial charge in [0.15, 0.2) is 0 Å². The minimum atomic E-state index is -0.0112. The van der Waals surface area contributed by atoms with E-state index in [1.165, 1.54) is 4.70 Å². The first kappa shape index (κ1) is 16.9. The van der Waals surface area contributed by atoms with Crippen molar-refractivity contribution in [2.45, 2.75) is 19.3 Å². The first-order valence-corrected chi connectivity index (χ1v) is 9.75. The van der Waals surface area contributed by atoms with E-state index in [2.05, 4.69) is 31.2 Å². The SMILES string of the molecule is O=C(NCCc1nc2ccccc2s1)C1CCCN(c2ncccn2)C1. The molecule has 1 atom stereocenters. The van der Waals surface area contributed by atoms with Crippen LogP contribution >= 0.6 is 11.3 Å². The number of thiazole rings is 1. The number of carbonyl (C=O) groups is 1. The Morgan fingerprint density at radius 1 is 1.23 bits per heavy atom. The molecule has 0 bridgehead atoms. The fourth-order valence-electron chi connectivity index (χ4n) is 3.29. The Bertz CT molecular complexity index is 849. The first-order chi connectivity index (χ1) is 12.8. The van der Waals surface area contributed by atoms with Gasteiger partial charge in [-0.2, -0.15) is 0 Å². The molecule has 1 saturated heterocycles. The molecule has 0 aliphatic carbocycles. The van der Waals surface area contributed by atoms with Crippen LogP contribution in [-0.2, 0) is 11.2 Å². The third-order valence-electron chi connectivity index (χ3n) is 4.60. The molecule has 26 heavy (non-hydrogen) atoms. The van der Waals surface area contributed by atoms with Crippen molar-refractivity contribution in [2.75, 3.05) is 24.5 Å². The van der Waals surface area contributed by atoms with E-state index < -0.39 is 0 Å². The fourth-order valence-corrected chi connectivity index (χ4v) is 4.26. The molecule has 2 aromatic heterocycles. The summed E-state index contributed by atoms with van der Waals surface area (Å²) in [5, 5.41) is 4.14. The van der Waals surface area contributed by atoms with Gasteiger partial charge in [-0.25, -0.2) is 15.0 Å². The number of piperidine rings is 1. The van der Waals surface area contributed by atoms with Crippen LogP contribution in [0.2, 0.25) is 0 Å². The molecule has 0 spiro atoms. The minimum absolute atomic E-state index is 0.0112. The fraction of sp³-hybridized carbons (Fsp3) is 0.368. The molecule has 3 heterocycles. The molecule has 1 unspecified atom stereocenters. The molecule has 134 valence electrons. The normalized spacial score (nSPS) is 17.4. The van der Waals surface area contributed by atoms with Crippen LogP contribution in [0.5, 0.6) is 0 Å². The Balaban J connectivity index is 1.30. The molecule has 1 fully saturated rings. The van der Waals surface area contributed by atoms with E-state index in [1.807, 2.05) is 18.2 Å². The second-order valence-electron chi connectivity index (χ2n) is 6.45. The molecule has 0 radical (unpaired) electrons. The van der Waals surface area contributed by atoms with Gasteiger partial charge in [-0.1, -0.05) is 12.1 Å². The van der Waals surface area contributed by atoms with Gasteiger partial charge in [-0.3, -0.25) is 4.79 Å². The van der Waals surface area contributed by atoms with E-state index in [0.717, 1.165) is 36.3 Å². The van der Waals surface area contributed by atoms with Gasteiger partial charge in [-0.05, 0) is 31.0 Å². The third kappa shape index (κ3) is 3.83. The largest absolute Gasteiger partial charge is 0.355 e. The van der Waals surface area contributed by atoms with Gasteiger partial charge in [0.2, 0.25) is 11.9 Å². The van der Waals surface area contributed by atoms with Gasteiger partial charge in [0.05, 0.1) is 21.1 Å². The lowest BCUT2D eigenvalue weighted by Gasteiger charge is -2.31. The van der Waals surface area contributed by atoms with E-state index in [-0.39, 0.29) is 11.8 Å². The van der Waals surface area contributed by atoms with Crippen LogP contribution in [0.3, 0.4) is 0 Å². The van der Waals surface area contributed by atoms with Crippen molar-refractivity contribution in [3.05, 3.63) is 47.7 Å². The average Bonchev–Trinajstić information content (AvgIpc) is 3.11. The summed E-state index contributed by atoms with van der Waals surface area (Å²) in [5.41, 5.74) is 1.03. The Labute approximate surface area is 156 Å². The second-order valence-corrected chi connectivity index (χ2v) is 7.57. The summed E-state index contributed by atoms with van der Waals surface area (Å²) in [7, 11) is 0. The molecule has 1 aliphatic rings. The number of amides is 1. The lowest BCUT2D eigenvalue weighted by Crippen LogP contribution is -2.44. The first-order valence-electron chi connectivity index (χ1n) is 8.94. The van der Waals surface area contributed by atoms with Crippen molar-refractivity contribution in [3.8, 4) is 0 Å². The lowest BCUT2D eigenvalue weighted by atomic mass is 9.97. The Morgan fingerprint density at radius 2 is 2.08 bits per heavy atom. The number of fused-ring (bicyclic) bond motifs is 1. The van der Waals surface area contributed by atoms with Gasteiger partial charge in [0, 0.05) is 38.4 Å². The molecule has 4 rings (SSSR count). The van der Waals surface area contributed by atoms with Crippen molar-refractivity contribution in [1.29, 1.82) is 0 Å². The molecule has 7 heteroatoms. The molecule has 1 aromatic carbocycles. The number of nitrogens with zero attached hydrogens (tertiary/aromatic N) is 4. The van der Waals surface area contributed by atoms with Gasteiger partial charge in [-0.15, -0.1) is 11.3 Å². The maximum Gasteiger partial charge on any atom is 0.225 e. The molecule has 1 aliphatic heterocycles. The van der Waals surface area contributed by atoms with Crippen molar-refractivity contribution < 1.29 is 4.79 Å². The Morgan fingerprint density at radius 3 is 2.92 bits per heavy atom. The number of rotatable bonds is 5. The highest BCUT2D eigenvalue weighted by Gasteiger charge is 2.26. The van der Waals surface area contributed by atoms with E-state index in [1.54, 1.807) is 29.8 Å². The van der Waals surface area contributed by atoms with E-state index in [4.69, 9.17) is 0 Å². The van der Waals surface area contributed by atoms with Gasteiger partial charge >= 0.3 is 0 Å². The summed E-state index contributed by atoms with van der Waals surface area (Å²) in [6, 6.07) is 9.93. The maximum atomic E-state index is 12.5. The molecule has 3 aromatic rings. The number of anilines is 1. The number of nitrogens with one attached hydrogen (secondary N) is 1. The standard InChI is InChI=1S/C19H21N5OS/c25-18(14-5-3-12-24(13-14)19-21-9-4-10-22-19)20-11-8-17-23-15-6-1-2-7-16(15)26-17/h1-2,4,6-7,9-10,14H,3,5,8,11-13H2,(H,20,25). The maximum absolute atomic E-state index is 12.5. The summed E-state index contributed by atoms with van der Waals surface area (Å²) < 4.78 is 1.19. The van der Waals surface area contributed by atoms with E-state index in [9.17, 15) is 4.79 Å². The zero-order chi connectivity index (χ0) is 17.8. The number of benzene rings is 1. The monoisotopic (exact) mass is 367 g/mol. The highest BCUT2D eigenvalue weighted by Crippen LogP contribution is 2.22. The predicted molar refractivity (Wildman–Crippen MR) is 103 cm³/mol. The summed E-state index contributed by atoms with van der Waals surface area (Å²) in [4.78, 5) is 27.8. The summed E-state index contributed by atoms with van der Waals surface area (Å²) >= 11 is 1.70. The summed E-state index contributed by atoms with van der Waals surface area (Å²) in [6.45, 7) is 2.20. The van der Waals surface area contributed by atoms with Crippen LogP contribution in [0.15, 0.2) is 42.7 Å². The predicted octanol–water partition coefficient (Wildman–Crippen LogP) is 2.66. The van der Waals surface area contributed by atoms with Gasteiger partial charge in [0.25, 0.3) is 0 Å². The van der Waals surface area contributed by atoms with Crippen molar-refractivity contribution >= 4 is 33.4 Å². The zero-order valence-electron chi connectivity index (χ0n) is 14.5. The van der Waals surface area contributed by atoms with Gasteiger partial charge in [0.1, 0.15) is 0 Å². The Kier molecular flexibility index (Phi) is 5.06. The van der Waals surface area contributed by atoms with Crippen LogP contribution in [0.1, 0.15) is 17.8 Å². The molecular weight excluding hydrogens is 346 g/mol. The number of carbonyl (C=O) groups excluding carboxylic acids is 1. The van der Waals surface area contributed by atoms with Crippen LogP contribution in [0, 0.1) is 5.92 Å². The highest BCUT2D eigenvalue weighted by atomic mass is 32.1. The molecule has 1 N–H and O–H groups in total. The van der Waals surface area contributed by atoms with E-state index >= 15 is 0 Å². The number of hydrogen-bond acceptors (Lipinski definition) is 6. The minimum Gasteiger partial charge on any atom is -0.355 e. The summed E-state index contributed by atoms with van der Waals surface area (Å²) in [6.07, 6.45) is 6.14. The average molecular weight is 367 g/mol. The van der Waals surface area contributed by atoms with Crippen LogP contribution in [0.4, 0.5) is 5.95 Å². The van der Waals surface area contributed by atoms with E-state index in [0.29, 0.717) is 19.0 Å². The topological polar surface area (TPSA) is 71.0 Å². The smallest absolute Gasteiger partial charge is 0.225 e. The molecular formula is C19H21N5OS. The van der Waals surface area contributed by atoms with Crippen LogP contribution in [-0.4, -0.2) is 40.5 Å². The van der Waals surface area contributed by atoms with Crippen LogP contribution < -0.4 is 10.2 Å². The molecule has 6 nitrogen and oxygen atoms in total. The zero-order valence-corrected chi connectivity index (χ0v) is 15.3. The third-order valence-corrected chi connectivity index (χ3v) is 5.70. The van der Waals surface area contributed by atoms with Crippen molar-refractivity contribution in [3.63, 3.8) is 0 Å². The Hall–Kier alpha value is -2.54. The van der Waals surface area contributed by atoms with Crippen molar-refractivity contribution in [1.82, 2.24) is 20.3 Å². The van der Waals surface area contributed by atoms with Crippen molar-refractivity contribution in [2.24, 2.45) is 5.92 Å². The lowest BCUT2D eigenvalue weighted by molar-refractivity contribution is -0.125. The molecule has 1 amide bonds. The number of hydrogen-bond donors (Lipinski definition) is 1. The number of aromatic nitrogens is 3. The summed E-state index contributed by atoms with van der Waals surface area (Å²) in [5.74, 6) is 0.814. The number of para-hydroxylation sites is 1. The molecule has 0 saturated carbocycles. The van der Waals surface area contributed by atoms with Crippen LogP contribution in [0.25, 0.3) is 10.2 Å².